The van der Waals surface area contributed by atoms with Gasteiger partial charge in [-0.3, -0.25) is 19.5 Å². The number of nitrogens with one attached hydrogen (secondary N) is 1. The lowest BCUT2D eigenvalue weighted by molar-refractivity contribution is -0.124. The number of rotatable bonds is 4. The molecule has 2 amide bonds. The fourth-order valence-electron chi connectivity index (χ4n) is 3.48. The number of aromatic nitrogens is 2. The third-order valence-corrected chi connectivity index (χ3v) is 4.90. The Balaban J connectivity index is 1.53. The second-order valence-electron chi connectivity index (χ2n) is 6.41. The number of carbonyl (C=O) groups excluding carboxylic acids is 2. The quantitative estimate of drug-likeness (QED) is 0.886. The van der Waals surface area contributed by atoms with E-state index < -0.39 is 0 Å². The molecule has 1 N–H and O–H groups in total. The van der Waals surface area contributed by atoms with E-state index in [-0.39, 0.29) is 24.4 Å². The van der Waals surface area contributed by atoms with Crippen molar-refractivity contribution < 1.29 is 9.59 Å². The zero-order chi connectivity index (χ0) is 18.1. The van der Waals surface area contributed by atoms with Crippen molar-refractivity contribution in [3.8, 4) is 0 Å². The molecule has 2 aliphatic rings. The van der Waals surface area contributed by atoms with E-state index in [2.05, 4.69) is 15.3 Å². The molecule has 0 aliphatic carbocycles. The number of fused-ring (bicyclic) bond motifs is 3. The highest BCUT2D eigenvalue weighted by Crippen LogP contribution is 2.39. The third kappa shape index (κ3) is 3.10. The molecule has 1 atom stereocenters. The van der Waals surface area contributed by atoms with Crippen molar-refractivity contribution in [2.45, 2.75) is 25.4 Å². The monoisotopic (exact) mass is 371 g/mol. The van der Waals surface area contributed by atoms with Crippen LogP contribution in [0, 0.1) is 0 Å². The maximum atomic E-state index is 12.9. The van der Waals surface area contributed by atoms with Crippen LogP contribution >= 0.6 is 11.6 Å². The number of halogens is 1. The number of hydrogen-bond acceptors (Lipinski definition) is 5. The molecular weight excluding hydrogens is 354 g/mol. The van der Waals surface area contributed by atoms with Gasteiger partial charge in [-0.25, -0.2) is 4.98 Å². The van der Waals surface area contributed by atoms with E-state index in [4.69, 9.17) is 11.6 Å². The van der Waals surface area contributed by atoms with Crippen LogP contribution in [0.5, 0.6) is 0 Å². The van der Waals surface area contributed by atoms with Crippen molar-refractivity contribution in [3.05, 3.63) is 47.4 Å². The minimum absolute atomic E-state index is 0.0571. The number of amides is 2. The van der Waals surface area contributed by atoms with Crippen LogP contribution in [-0.2, 0) is 16.1 Å². The Morgan fingerprint density at radius 1 is 1.38 bits per heavy atom. The molecule has 0 aromatic carbocycles. The van der Waals surface area contributed by atoms with Gasteiger partial charge in [0.2, 0.25) is 11.8 Å². The topological polar surface area (TPSA) is 78.4 Å². The Bertz CT molecular complexity index is 845. The van der Waals surface area contributed by atoms with Crippen LogP contribution in [-0.4, -0.2) is 40.9 Å². The molecular formula is C18H18ClN5O2. The fourth-order valence-corrected chi connectivity index (χ4v) is 3.63. The van der Waals surface area contributed by atoms with E-state index in [1.807, 2.05) is 17.0 Å². The molecule has 8 heteroatoms. The molecule has 1 saturated heterocycles. The fraction of sp³-hybridized carbons (Fsp3) is 0.333. The molecule has 0 bridgehead atoms. The van der Waals surface area contributed by atoms with Gasteiger partial charge < -0.3 is 10.2 Å². The maximum Gasteiger partial charge on any atom is 0.250 e. The lowest BCUT2D eigenvalue weighted by Gasteiger charge is -2.38. The molecule has 0 spiro atoms. The van der Waals surface area contributed by atoms with Crippen LogP contribution in [0.25, 0.3) is 0 Å². The molecule has 0 saturated carbocycles. The molecule has 1 unspecified atom stereocenters. The van der Waals surface area contributed by atoms with Gasteiger partial charge in [-0.1, -0.05) is 17.7 Å². The minimum Gasteiger partial charge on any atom is -0.350 e. The van der Waals surface area contributed by atoms with Crippen molar-refractivity contribution in [1.82, 2.24) is 15.3 Å². The Kier molecular flexibility index (Phi) is 4.46. The van der Waals surface area contributed by atoms with Crippen molar-refractivity contribution in [3.63, 3.8) is 0 Å². The summed E-state index contributed by atoms with van der Waals surface area (Å²) < 4.78 is 0. The van der Waals surface area contributed by atoms with Crippen LogP contribution in [0.3, 0.4) is 0 Å². The van der Waals surface area contributed by atoms with E-state index in [1.165, 1.54) is 4.90 Å². The van der Waals surface area contributed by atoms with Gasteiger partial charge in [-0.15, -0.1) is 0 Å². The Morgan fingerprint density at radius 3 is 3.08 bits per heavy atom. The SMILES string of the molecule is O=C(CN1C(=O)C2CCCN2c2ncc(Cl)cc21)NCc1cccnc1. The van der Waals surface area contributed by atoms with Gasteiger partial charge in [0, 0.05) is 31.7 Å². The summed E-state index contributed by atoms with van der Waals surface area (Å²) in [5, 5.41) is 3.27. The van der Waals surface area contributed by atoms with E-state index >= 15 is 0 Å². The largest absolute Gasteiger partial charge is 0.350 e. The summed E-state index contributed by atoms with van der Waals surface area (Å²) in [7, 11) is 0. The first-order valence-corrected chi connectivity index (χ1v) is 8.90. The van der Waals surface area contributed by atoms with Gasteiger partial charge in [0.25, 0.3) is 0 Å². The van der Waals surface area contributed by atoms with E-state index in [9.17, 15) is 9.59 Å². The summed E-state index contributed by atoms with van der Waals surface area (Å²) in [6.07, 6.45) is 6.66. The van der Waals surface area contributed by atoms with Crippen LogP contribution in [0.15, 0.2) is 36.8 Å². The van der Waals surface area contributed by atoms with E-state index in [1.54, 1.807) is 24.7 Å². The molecule has 1 fully saturated rings. The summed E-state index contributed by atoms with van der Waals surface area (Å²) in [5.74, 6) is 0.409. The lowest BCUT2D eigenvalue weighted by Crippen LogP contribution is -2.53. The van der Waals surface area contributed by atoms with Gasteiger partial charge in [0.05, 0.1) is 10.7 Å². The highest BCUT2D eigenvalue weighted by Gasteiger charge is 2.42. The molecule has 0 radical (unpaired) electrons. The predicted octanol–water partition coefficient (Wildman–Crippen LogP) is 1.76. The minimum atomic E-state index is -0.248. The maximum absolute atomic E-state index is 12.9. The van der Waals surface area contributed by atoms with Gasteiger partial charge in [0.15, 0.2) is 5.82 Å². The first kappa shape index (κ1) is 16.8. The number of pyridine rings is 2. The number of carbonyl (C=O) groups is 2. The Hall–Kier alpha value is -2.67. The highest BCUT2D eigenvalue weighted by atomic mass is 35.5. The summed E-state index contributed by atoms with van der Waals surface area (Å²) in [6.45, 7) is 1.10. The van der Waals surface area contributed by atoms with Crippen LogP contribution in [0.1, 0.15) is 18.4 Å². The van der Waals surface area contributed by atoms with Gasteiger partial charge in [-0.05, 0) is 30.5 Å². The zero-order valence-corrected chi connectivity index (χ0v) is 14.8. The predicted molar refractivity (Wildman–Crippen MR) is 98.1 cm³/mol. The van der Waals surface area contributed by atoms with Gasteiger partial charge in [0.1, 0.15) is 12.6 Å². The van der Waals surface area contributed by atoms with Crippen molar-refractivity contribution in [1.29, 1.82) is 0 Å². The second kappa shape index (κ2) is 6.92. The summed E-state index contributed by atoms with van der Waals surface area (Å²) in [4.78, 5) is 37.3. The molecule has 134 valence electrons. The van der Waals surface area contributed by atoms with Crippen LogP contribution < -0.4 is 15.1 Å². The Labute approximate surface area is 156 Å². The van der Waals surface area contributed by atoms with E-state index in [0.717, 1.165) is 30.8 Å². The van der Waals surface area contributed by atoms with Crippen molar-refractivity contribution in [2.75, 3.05) is 22.9 Å². The first-order valence-electron chi connectivity index (χ1n) is 8.52. The molecule has 7 nitrogen and oxygen atoms in total. The summed E-state index contributed by atoms with van der Waals surface area (Å²) >= 11 is 6.08. The van der Waals surface area contributed by atoms with Gasteiger partial charge >= 0.3 is 0 Å². The summed E-state index contributed by atoms with van der Waals surface area (Å²) in [5.41, 5.74) is 1.50. The van der Waals surface area contributed by atoms with Gasteiger partial charge in [-0.2, -0.15) is 0 Å². The van der Waals surface area contributed by atoms with Crippen LogP contribution in [0.4, 0.5) is 11.5 Å². The van der Waals surface area contributed by atoms with E-state index in [0.29, 0.717) is 17.3 Å². The highest BCUT2D eigenvalue weighted by molar-refractivity contribution is 6.31. The summed E-state index contributed by atoms with van der Waals surface area (Å²) in [6, 6.07) is 5.15. The third-order valence-electron chi connectivity index (χ3n) is 4.69. The second-order valence-corrected chi connectivity index (χ2v) is 6.85. The van der Waals surface area contributed by atoms with Crippen molar-refractivity contribution >= 4 is 34.9 Å². The zero-order valence-electron chi connectivity index (χ0n) is 14.1. The average molecular weight is 372 g/mol. The number of anilines is 2. The number of hydrogen-bond donors (Lipinski definition) is 1. The molecule has 2 aromatic heterocycles. The first-order chi connectivity index (χ1) is 12.6. The molecule has 2 aliphatic heterocycles. The number of nitrogens with zero attached hydrogens (tertiary/aromatic N) is 4. The Morgan fingerprint density at radius 2 is 2.27 bits per heavy atom. The van der Waals surface area contributed by atoms with Crippen LogP contribution in [0.2, 0.25) is 5.02 Å². The normalized spacial score (nSPS) is 18.5. The average Bonchev–Trinajstić information content (AvgIpc) is 3.14. The lowest BCUT2D eigenvalue weighted by atomic mass is 10.1. The standard InChI is InChI=1S/C18H18ClN5O2/c19-13-7-15-17(22-10-13)23-6-2-4-14(23)18(26)24(15)11-16(25)21-9-12-3-1-5-20-8-12/h1,3,5,7-8,10,14H,2,4,6,9,11H2,(H,21,25). The molecule has 4 heterocycles. The molecule has 26 heavy (non-hydrogen) atoms. The molecule has 4 rings (SSSR count). The smallest absolute Gasteiger partial charge is 0.250 e. The molecule has 2 aromatic rings. The van der Waals surface area contributed by atoms with Crippen molar-refractivity contribution in [2.24, 2.45) is 0 Å².